The molecule has 13 heavy (non-hydrogen) atoms. The van der Waals surface area contributed by atoms with Gasteiger partial charge in [0.25, 0.3) is 12.4 Å². The number of rotatable bonds is 4. The maximum atomic E-state index is 11.6. The second-order valence-corrected chi connectivity index (χ2v) is 2.13. The minimum absolute atomic E-state index is 0.224. The van der Waals surface area contributed by atoms with Crippen LogP contribution in [0.2, 0.25) is 0 Å². The van der Waals surface area contributed by atoms with Gasteiger partial charge < -0.3 is 14.3 Å². The van der Waals surface area contributed by atoms with E-state index < -0.39 is 19.0 Å². The van der Waals surface area contributed by atoms with E-state index in [2.05, 4.69) is 9.15 Å². The molecule has 1 aromatic heterocycles. The van der Waals surface area contributed by atoms with Crippen LogP contribution in [0.15, 0.2) is 16.5 Å². The molecule has 1 heterocycles. The van der Waals surface area contributed by atoms with E-state index >= 15 is 0 Å². The monoisotopic (exact) mass is 192 g/mol. The minimum atomic E-state index is -2.61. The van der Waals surface area contributed by atoms with E-state index in [1.54, 1.807) is 0 Å². The Morgan fingerprint density at radius 1 is 1.62 bits per heavy atom. The SMILES string of the molecule is O=C(O)c1ccc(OCC(F)F)o1. The Kier molecular flexibility index (Phi) is 2.84. The van der Waals surface area contributed by atoms with Gasteiger partial charge in [0.2, 0.25) is 5.76 Å². The number of hydrogen-bond donors (Lipinski definition) is 1. The molecular weight excluding hydrogens is 186 g/mol. The number of carboxylic acid groups (broad SMARTS) is 1. The lowest BCUT2D eigenvalue weighted by Gasteiger charge is -1.99. The third-order valence-corrected chi connectivity index (χ3v) is 1.14. The van der Waals surface area contributed by atoms with Crippen molar-refractivity contribution >= 4 is 5.97 Å². The fraction of sp³-hybridized carbons (Fsp3) is 0.286. The fourth-order valence-corrected chi connectivity index (χ4v) is 0.658. The number of carboxylic acids is 1. The molecule has 0 aliphatic carbocycles. The smallest absolute Gasteiger partial charge is 0.371 e. The van der Waals surface area contributed by atoms with Crippen molar-refractivity contribution in [2.24, 2.45) is 0 Å². The standard InChI is InChI=1S/C7H6F2O4/c8-5(9)3-12-6-2-1-4(13-6)7(10)11/h1-2,5H,3H2,(H,10,11). The van der Waals surface area contributed by atoms with Crippen molar-refractivity contribution in [2.45, 2.75) is 6.43 Å². The predicted molar refractivity (Wildman–Crippen MR) is 37.2 cm³/mol. The lowest BCUT2D eigenvalue weighted by atomic mass is 10.5. The van der Waals surface area contributed by atoms with Crippen LogP contribution in [0.5, 0.6) is 5.95 Å². The summed E-state index contributed by atoms with van der Waals surface area (Å²) < 4.78 is 32.2. The van der Waals surface area contributed by atoms with Gasteiger partial charge in [0.1, 0.15) is 0 Å². The minimum Gasteiger partial charge on any atom is -0.475 e. The number of alkyl halides is 2. The van der Waals surface area contributed by atoms with Crippen LogP contribution in [0.1, 0.15) is 10.6 Å². The molecule has 0 aromatic carbocycles. The molecule has 0 amide bonds. The van der Waals surface area contributed by atoms with Gasteiger partial charge in [-0.3, -0.25) is 0 Å². The van der Waals surface area contributed by atoms with Crippen molar-refractivity contribution in [3.8, 4) is 5.95 Å². The third-order valence-electron chi connectivity index (χ3n) is 1.14. The van der Waals surface area contributed by atoms with Gasteiger partial charge in [-0.25, -0.2) is 13.6 Å². The van der Waals surface area contributed by atoms with Gasteiger partial charge in [-0.1, -0.05) is 0 Å². The molecule has 1 rings (SSSR count). The van der Waals surface area contributed by atoms with Gasteiger partial charge in [-0.05, 0) is 6.07 Å². The van der Waals surface area contributed by atoms with E-state index in [4.69, 9.17) is 5.11 Å². The zero-order chi connectivity index (χ0) is 9.84. The van der Waals surface area contributed by atoms with Crippen molar-refractivity contribution < 1.29 is 27.8 Å². The number of furan rings is 1. The van der Waals surface area contributed by atoms with Crippen molar-refractivity contribution in [3.05, 3.63) is 17.9 Å². The second-order valence-electron chi connectivity index (χ2n) is 2.13. The summed E-state index contributed by atoms with van der Waals surface area (Å²) in [5.74, 6) is -1.84. The van der Waals surface area contributed by atoms with Gasteiger partial charge >= 0.3 is 5.97 Å². The lowest BCUT2D eigenvalue weighted by molar-refractivity contribution is 0.0598. The van der Waals surface area contributed by atoms with Crippen LogP contribution in [-0.2, 0) is 0 Å². The molecular formula is C7H6F2O4. The molecule has 0 saturated carbocycles. The highest BCUT2D eigenvalue weighted by molar-refractivity contribution is 5.84. The van der Waals surface area contributed by atoms with E-state index in [0.717, 1.165) is 6.07 Å². The molecule has 4 nitrogen and oxygen atoms in total. The first-order valence-electron chi connectivity index (χ1n) is 3.33. The molecule has 0 aliphatic heterocycles. The average Bonchev–Trinajstić information content (AvgIpc) is 2.48. The fourth-order valence-electron chi connectivity index (χ4n) is 0.658. The number of halogens is 2. The first kappa shape index (κ1) is 9.50. The first-order chi connectivity index (χ1) is 6.09. The summed E-state index contributed by atoms with van der Waals surface area (Å²) in [6.07, 6.45) is -2.61. The Labute approximate surface area is 71.7 Å². The Hall–Kier alpha value is -1.59. The van der Waals surface area contributed by atoms with Gasteiger partial charge in [-0.15, -0.1) is 0 Å². The molecule has 72 valence electrons. The molecule has 1 aromatic rings. The highest BCUT2D eigenvalue weighted by atomic mass is 19.3. The van der Waals surface area contributed by atoms with E-state index in [9.17, 15) is 13.6 Å². The lowest BCUT2D eigenvalue weighted by Crippen LogP contribution is -2.06. The van der Waals surface area contributed by atoms with Crippen molar-refractivity contribution in [1.82, 2.24) is 0 Å². The van der Waals surface area contributed by atoms with Gasteiger partial charge in [0.15, 0.2) is 6.61 Å². The van der Waals surface area contributed by atoms with E-state index in [1.807, 2.05) is 0 Å². The summed E-state index contributed by atoms with van der Waals surface area (Å²) >= 11 is 0. The summed E-state index contributed by atoms with van der Waals surface area (Å²) in [6, 6.07) is 2.30. The molecule has 0 aliphatic rings. The van der Waals surface area contributed by atoms with Crippen molar-refractivity contribution in [1.29, 1.82) is 0 Å². The van der Waals surface area contributed by atoms with Crippen LogP contribution in [0.3, 0.4) is 0 Å². The molecule has 0 atom stereocenters. The number of carbonyl (C=O) groups is 1. The molecule has 0 fully saturated rings. The van der Waals surface area contributed by atoms with Crippen LogP contribution in [0.25, 0.3) is 0 Å². The van der Waals surface area contributed by atoms with Gasteiger partial charge in [0.05, 0.1) is 0 Å². The Morgan fingerprint density at radius 3 is 2.77 bits per heavy atom. The molecule has 0 bridgehead atoms. The topological polar surface area (TPSA) is 59.7 Å². The molecule has 1 N–H and O–H groups in total. The van der Waals surface area contributed by atoms with Crippen molar-refractivity contribution in [2.75, 3.05) is 6.61 Å². The molecule has 0 unspecified atom stereocenters. The Morgan fingerprint density at radius 2 is 2.31 bits per heavy atom. The summed E-state index contributed by atoms with van der Waals surface area (Å²) in [5, 5.41) is 8.38. The maximum absolute atomic E-state index is 11.6. The first-order valence-corrected chi connectivity index (χ1v) is 3.33. The Bertz CT molecular complexity index is 294. The molecule has 6 heteroatoms. The largest absolute Gasteiger partial charge is 0.475 e. The third kappa shape index (κ3) is 2.73. The van der Waals surface area contributed by atoms with Crippen molar-refractivity contribution in [3.63, 3.8) is 0 Å². The van der Waals surface area contributed by atoms with E-state index in [0.29, 0.717) is 0 Å². The second kappa shape index (κ2) is 3.88. The number of ether oxygens (including phenoxy) is 1. The molecule has 0 spiro atoms. The van der Waals surface area contributed by atoms with Gasteiger partial charge in [-0.2, -0.15) is 0 Å². The van der Waals surface area contributed by atoms with Crippen LogP contribution >= 0.6 is 0 Å². The predicted octanol–water partition coefficient (Wildman–Crippen LogP) is 1.62. The Balaban J connectivity index is 2.54. The van der Waals surface area contributed by atoms with Crippen LogP contribution in [0.4, 0.5) is 8.78 Å². The number of hydrogen-bond acceptors (Lipinski definition) is 3. The normalized spacial score (nSPS) is 10.4. The summed E-state index contributed by atoms with van der Waals surface area (Å²) in [7, 11) is 0. The van der Waals surface area contributed by atoms with E-state index in [-0.39, 0.29) is 11.7 Å². The van der Waals surface area contributed by atoms with E-state index in [1.165, 1.54) is 6.07 Å². The zero-order valence-electron chi connectivity index (χ0n) is 6.37. The summed E-state index contributed by atoms with van der Waals surface area (Å²) in [6.45, 7) is -0.813. The van der Waals surface area contributed by atoms with Crippen LogP contribution < -0.4 is 4.74 Å². The quantitative estimate of drug-likeness (QED) is 0.787. The maximum Gasteiger partial charge on any atom is 0.371 e. The highest BCUT2D eigenvalue weighted by Crippen LogP contribution is 2.16. The number of aromatic carboxylic acids is 1. The molecule has 0 saturated heterocycles. The zero-order valence-corrected chi connectivity index (χ0v) is 6.37. The summed E-state index contributed by atoms with van der Waals surface area (Å²) in [5.41, 5.74) is 0. The average molecular weight is 192 g/mol. The molecule has 0 radical (unpaired) electrons. The van der Waals surface area contributed by atoms with Crippen LogP contribution in [0, 0.1) is 0 Å². The van der Waals surface area contributed by atoms with Gasteiger partial charge in [0, 0.05) is 6.07 Å². The van der Waals surface area contributed by atoms with Crippen LogP contribution in [-0.4, -0.2) is 24.1 Å². The summed E-state index contributed by atoms with van der Waals surface area (Å²) in [4.78, 5) is 10.3. The highest BCUT2D eigenvalue weighted by Gasteiger charge is 2.11.